The molecule has 1 amide bonds. The van der Waals surface area contributed by atoms with E-state index < -0.39 is 25.1 Å². The van der Waals surface area contributed by atoms with Crippen LogP contribution in [0.2, 0.25) is 0 Å². The minimum absolute atomic E-state index is 0.0362. The van der Waals surface area contributed by atoms with E-state index in [2.05, 4.69) is 20.2 Å². The van der Waals surface area contributed by atoms with E-state index in [0.717, 1.165) is 5.56 Å². The maximum absolute atomic E-state index is 12.1. The Kier molecular flexibility index (Phi) is 7.04. The predicted octanol–water partition coefficient (Wildman–Crippen LogP) is 3.45. The van der Waals surface area contributed by atoms with Gasteiger partial charge in [-0.05, 0) is 24.3 Å². The van der Waals surface area contributed by atoms with Gasteiger partial charge in [0.1, 0.15) is 5.75 Å². The van der Waals surface area contributed by atoms with Crippen LogP contribution in [0.25, 0.3) is 11.4 Å². The standard InChI is InChI=1S/C20H17F2N3O5/c21-20(22)29-15-8-6-14(7-9-15)23-16(26)12-28-18(27)11-10-17-24-19(25-30-17)13-4-2-1-3-5-13/h1-9,20H,10-12H2,(H,23,26). The van der Waals surface area contributed by atoms with E-state index in [0.29, 0.717) is 11.5 Å². The number of rotatable bonds is 9. The second-order valence-corrected chi connectivity index (χ2v) is 5.99. The lowest BCUT2D eigenvalue weighted by Crippen LogP contribution is -2.21. The van der Waals surface area contributed by atoms with Crippen molar-refractivity contribution in [3.63, 3.8) is 0 Å². The molecule has 156 valence electrons. The molecule has 3 rings (SSSR count). The largest absolute Gasteiger partial charge is 0.456 e. The Morgan fingerprint density at radius 1 is 1.07 bits per heavy atom. The van der Waals surface area contributed by atoms with Gasteiger partial charge >= 0.3 is 12.6 Å². The number of hydrogen-bond acceptors (Lipinski definition) is 7. The van der Waals surface area contributed by atoms with E-state index >= 15 is 0 Å². The van der Waals surface area contributed by atoms with Crippen LogP contribution in [0.3, 0.4) is 0 Å². The fourth-order valence-electron chi connectivity index (χ4n) is 2.40. The molecule has 0 saturated heterocycles. The third-order valence-electron chi connectivity index (χ3n) is 3.77. The molecule has 1 heterocycles. The fraction of sp³-hybridized carbons (Fsp3) is 0.200. The minimum Gasteiger partial charge on any atom is -0.456 e. The smallest absolute Gasteiger partial charge is 0.387 e. The van der Waals surface area contributed by atoms with Crippen LogP contribution in [-0.4, -0.2) is 35.2 Å². The van der Waals surface area contributed by atoms with Crippen molar-refractivity contribution in [2.45, 2.75) is 19.5 Å². The van der Waals surface area contributed by atoms with E-state index in [-0.39, 0.29) is 24.5 Å². The van der Waals surface area contributed by atoms with Crippen molar-refractivity contribution < 1.29 is 32.4 Å². The molecule has 1 aromatic heterocycles. The van der Waals surface area contributed by atoms with Gasteiger partial charge in [-0.2, -0.15) is 13.8 Å². The molecule has 0 fully saturated rings. The summed E-state index contributed by atoms with van der Waals surface area (Å²) >= 11 is 0. The van der Waals surface area contributed by atoms with Gasteiger partial charge in [0.2, 0.25) is 11.7 Å². The Bertz CT molecular complexity index is 978. The molecule has 3 aromatic rings. The average molecular weight is 417 g/mol. The number of nitrogens with zero attached hydrogens (tertiary/aromatic N) is 2. The molecular weight excluding hydrogens is 400 g/mol. The van der Waals surface area contributed by atoms with Crippen molar-refractivity contribution >= 4 is 17.6 Å². The highest BCUT2D eigenvalue weighted by molar-refractivity contribution is 5.92. The summed E-state index contributed by atoms with van der Waals surface area (Å²) in [5.74, 6) is -0.518. The van der Waals surface area contributed by atoms with E-state index in [1.807, 2.05) is 30.3 Å². The number of hydrogen-bond donors (Lipinski definition) is 1. The molecule has 8 nitrogen and oxygen atoms in total. The van der Waals surface area contributed by atoms with Crippen molar-refractivity contribution in [2.24, 2.45) is 0 Å². The summed E-state index contributed by atoms with van der Waals surface area (Å²) in [5, 5.41) is 6.33. The molecule has 0 radical (unpaired) electrons. The van der Waals surface area contributed by atoms with Gasteiger partial charge in [-0.1, -0.05) is 35.5 Å². The van der Waals surface area contributed by atoms with Gasteiger partial charge in [-0.15, -0.1) is 0 Å². The number of alkyl halides is 2. The second-order valence-electron chi connectivity index (χ2n) is 5.99. The Morgan fingerprint density at radius 3 is 2.50 bits per heavy atom. The summed E-state index contributed by atoms with van der Waals surface area (Å²) in [4.78, 5) is 27.9. The fourth-order valence-corrected chi connectivity index (χ4v) is 2.40. The summed E-state index contributed by atoms with van der Waals surface area (Å²) in [5.41, 5.74) is 1.14. The number of halogens is 2. The Labute approximate surface area is 169 Å². The van der Waals surface area contributed by atoms with E-state index in [1.165, 1.54) is 24.3 Å². The minimum atomic E-state index is -2.93. The molecule has 10 heteroatoms. The molecule has 0 saturated carbocycles. The SMILES string of the molecule is O=C(COC(=O)CCc1nc(-c2ccccc2)no1)Nc1ccc(OC(F)F)cc1. The van der Waals surface area contributed by atoms with Crippen molar-refractivity contribution in [3.05, 3.63) is 60.5 Å². The molecule has 0 bridgehead atoms. The van der Waals surface area contributed by atoms with Crippen LogP contribution in [0.4, 0.5) is 14.5 Å². The zero-order valence-corrected chi connectivity index (χ0v) is 15.6. The Morgan fingerprint density at radius 2 is 1.80 bits per heavy atom. The number of carbonyl (C=O) groups excluding carboxylic acids is 2. The first-order valence-corrected chi connectivity index (χ1v) is 8.88. The molecular formula is C20H17F2N3O5. The van der Waals surface area contributed by atoms with Crippen LogP contribution in [0.5, 0.6) is 5.75 Å². The van der Waals surface area contributed by atoms with Gasteiger partial charge in [-0.3, -0.25) is 9.59 Å². The highest BCUT2D eigenvalue weighted by atomic mass is 19.3. The molecule has 2 aromatic carbocycles. The topological polar surface area (TPSA) is 104 Å². The van der Waals surface area contributed by atoms with E-state index in [1.54, 1.807) is 0 Å². The molecule has 0 unspecified atom stereocenters. The van der Waals surface area contributed by atoms with Gasteiger partial charge in [0.25, 0.3) is 5.91 Å². The lowest BCUT2D eigenvalue weighted by Gasteiger charge is -2.08. The van der Waals surface area contributed by atoms with Crippen LogP contribution < -0.4 is 10.1 Å². The Balaban J connectivity index is 1.39. The number of aryl methyl sites for hydroxylation is 1. The van der Waals surface area contributed by atoms with Crippen LogP contribution in [0, 0.1) is 0 Å². The predicted molar refractivity (Wildman–Crippen MR) is 101 cm³/mol. The van der Waals surface area contributed by atoms with Gasteiger partial charge in [0.05, 0.1) is 6.42 Å². The number of aromatic nitrogens is 2. The number of amides is 1. The van der Waals surface area contributed by atoms with Crippen LogP contribution in [0.1, 0.15) is 12.3 Å². The molecule has 0 aliphatic carbocycles. The third-order valence-corrected chi connectivity index (χ3v) is 3.77. The van der Waals surface area contributed by atoms with Crippen molar-refractivity contribution in [2.75, 3.05) is 11.9 Å². The van der Waals surface area contributed by atoms with Crippen molar-refractivity contribution in [3.8, 4) is 17.1 Å². The van der Waals surface area contributed by atoms with Gasteiger partial charge in [0, 0.05) is 17.7 Å². The van der Waals surface area contributed by atoms with E-state index in [4.69, 9.17) is 9.26 Å². The van der Waals surface area contributed by atoms with Crippen LogP contribution in [0.15, 0.2) is 59.1 Å². The molecule has 0 aliphatic heterocycles. The maximum atomic E-state index is 12.1. The van der Waals surface area contributed by atoms with Crippen molar-refractivity contribution in [1.82, 2.24) is 10.1 Å². The van der Waals surface area contributed by atoms with Gasteiger partial charge in [-0.25, -0.2) is 0 Å². The van der Waals surface area contributed by atoms with E-state index in [9.17, 15) is 18.4 Å². The molecule has 0 spiro atoms. The zero-order chi connectivity index (χ0) is 21.3. The summed E-state index contributed by atoms with van der Waals surface area (Å²) in [6.45, 7) is -3.42. The summed E-state index contributed by atoms with van der Waals surface area (Å²) < 4.78 is 38.4. The first kappa shape index (κ1) is 20.9. The summed E-state index contributed by atoms with van der Waals surface area (Å²) in [6, 6.07) is 14.6. The normalized spacial score (nSPS) is 10.6. The van der Waals surface area contributed by atoms with Crippen LogP contribution in [-0.2, 0) is 20.7 Å². The maximum Gasteiger partial charge on any atom is 0.387 e. The quantitative estimate of drug-likeness (QED) is 0.532. The van der Waals surface area contributed by atoms with Gasteiger partial charge in [0.15, 0.2) is 6.61 Å². The zero-order valence-electron chi connectivity index (χ0n) is 15.6. The van der Waals surface area contributed by atoms with Gasteiger partial charge < -0.3 is 19.3 Å². The average Bonchev–Trinajstić information content (AvgIpc) is 3.22. The monoisotopic (exact) mass is 417 g/mol. The molecule has 0 aliphatic rings. The lowest BCUT2D eigenvalue weighted by molar-refractivity contribution is -0.147. The summed E-state index contributed by atoms with van der Waals surface area (Å²) in [7, 11) is 0. The van der Waals surface area contributed by atoms with Crippen LogP contribution >= 0.6 is 0 Å². The first-order valence-electron chi connectivity index (χ1n) is 8.88. The number of nitrogens with one attached hydrogen (secondary N) is 1. The second kappa shape index (κ2) is 10.1. The highest BCUT2D eigenvalue weighted by Gasteiger charge is 2.13. The number of benzene rings is 2. The summed E-state index contributed by atoms with van der Waals surface area (Å²) in [6.07, 6.45) is 0.134. The molecule has 30 heavy (non-hydrogen) atoms. The number of carbonyl (C=O) groups is 2. The first-order chi connectivity index (χ1) is 14.5. The molecule has 1 N–H and O–H groups in total. The Hall–Kier alpha value is -3.82. The number of esters is 1. The third kappa shape index (κ3) is 6.36. The molecule has 0 atom stereocenters. The highest BCUT2D eigenvalue weighted by Crippen LogP contribution is 2.18. The number of ether oxygens (including phenoxy) is 2. The van der Waals surface area contributed by atoms with Crippen molar-refractivity contribution in [1.29, 1.82) is 0 Å². The number of anilines is 1. The lowest BCUT2D eigenvalue weighted by atomic mass is 10.2.